The summed E-state index contributed by atoms with van der Waals surface area (Å²) in [6.45, 7) is 7.91. The largest absolute Gasteiger partial charge is 0.444 e. The van der Waals surface area contributed by atoms with Gasteiger partial charge in [-0.3, -0.25) is 4.98 Å². The first-order valence-corrected chi connectivity index (χ1v) is 11.0. The number of carbonyl (C=O) groups is 1. The van der Waals surface area contributed by atoms with Crippen LogP contribution in [0.2, 0.25) is 0 Å². The summed E-state index contributed by atoms with van der Waals surface area (Å²) in [5, 5.41) is 0.451. The Labute approximate surface area is 170 Å². The minimum atomic E-state index is -3.98. The Bertz CT molecular complexity index is 1010. The van der Waals surface area contributed by atoms with Crippen molar-refractivity contribution in [2.24, 2.45) is 0 Å². The van der Waals surface area contributed by atoms with Crippen molar-refractivity contribution >= 4 is 26.9 Å². The highest BCUT2D eigenvalue weighted by Gasteiger charge is 2.35. The van der Waals surface area contributed by atoms with Crippen molar-refractivity contribution in [2.75, 3.05) is 19.6 Å². The second-order valence-electron chi connectivity index (χ2n) is 8.22. The Morgan fingerprint density at radius 2 is 1.97 bits per heavy atom. The van der Waals surface area contributed by atoms with Crippen LogP contribution >= 0.6 is 0 Å². The van der Waals surface area contributed by atoms with Crippen molar-refractivity contribution in [2.45, 2.75) is 50.7 Å². The molecule has 0 aliphatic carbocycles. The van der Waals surface area contributed by atoms with Crippen molar-refractivity contribution in [1.29, 1.82) is 0 Å². The van der Waals surface area contributed by atoms with E-state index in [1.165, 1.54) is 21.5 Å². The number of rotatable bonds is 2. The van der Waals surface area contributed by atoms with Crippen molar-refractivity contribution in [3.63, 3.8) is 0 Å². The lowest BCUT2D eigenvalue weighted by atomic mass is 10.2. The lowest BCUT2D eigenvalue weighted by Crippen LogP contribution is -2.45. The molecule has 1 aliphatic heterocycles. The predicted octanol–water partition coefficient (Wildman–Crippen LogP) is 3.39. The summed E-state index contributed by atoms with van der Waals surface area (Å²) in [5.41, 5.74) is -0.632. The van der Waals surface area contributed by atoms with Gasteiger partial charge < -0.3 is 9.64 Å². The Balaban J connectivity index is 1.92. The van der Waals surface area contributed by atoms with Gasteiger partial charge in [-0.25, -0.2) is 17.6 Å². The van der Waals surface area contributed by atoms with E-state index >= 15 is 0 Å². The zero-order valence-electron chi connectivity index (χ0n) is 17.1. The average Bonchev–Trinajstić information content (AvgIpc) is 2.82. The summed E-state index contributed by atoms with van der Waals surface area (Å²) in [7, 11) is -3.98. The van der Waals surface area contributed by atoms with Gasteiger partial charge >= 0.3 is 6.09 Å². The molecule has 1 aromatic heterocycles. The highest BCUT2D eigenvalue weighted by Crippen LogP contribution is 2.29. The van der Waals surface area contributed by atoms with E-state index < -0.39 is 33.6 Å². The molecule has 1 saturated heterocycles. The zero-order valence-corrected chi connectivity index (χ0v) is 17.9. The van der Waals surface area contributed by atoms with E-state index in [9.17, 15) is 17.6 Å². The van der Waals surface area contributed by atoms with Gasteiger partial charge in [-0.05, 0) is 40.2 Å². The van der Waals surface area contributed by atoms with E-state index in [2.05, 4.69) is 4.98 Å². The number of carbonyl (C=O) groups excluding carboxylic acids is 1. The molecule has 29 heavy (non-hydrogen) atoms. The molecule has 1 amide bonds. The fourth-order valence-electron chi connectivity index (χ4n) is 3.49. The summed E-state index contributed by atoms with van der Waals surface area (Å²) in [5.74, 6) is -0.681. The van der Waals surface area contributed by atoms with Crippen molar-refractivity contribution < 1.29 is 22.3 Å². The van der Waals surface area contributed by atoms with E-state index in [1.807, 2.05) is 0 Å². The number of nitrogens with zero attached hydrogens (tertiary/aromatic N) is 3. The molecule has 158 valence electrons. The van der Waals surface area contributed by atoms with Crippen LogP contribution in [0, 0.1) is 5.82 Å². The maximum atomic E-state index is 14.4. The molecular weight excluding hydrogens is 397 g/mol. The molecule has 1 atom stereocenters. The fraction of sp³-hybridized carbons (Fsp3) is 0.500. The highest BCUT2D eigenvalue weighted by atomic mass is 32.2. The molecule has 7 nitrogen and oxygen atoms in total. The number of pyridine rings is 1. The third-order valence-electron chi connectivity index (χ3n) is 4.72. The molecule has 1 aliphatic rings. The predicted molar refractivity (Wildman–Crippen MR) is 107 cm³/mol. The quantitative estimate of drug-likeness (QED) is 0.740. The van der Waals surface area contributed by atoms with Crippen LogP contribution in [0.15, 0.2) is 35.5 Å². The first kappa shape index (κ1) is 21.4. The van der Waals surface area contributed by atoms with Gasteiger partial charge in [0, 0.05) is 42.6 Å². The maximum absolute atomic E-state index is 14.4. The molecule has 1 fully saturated rings. The van der Waals surface area contributed by atoms with Crippen LogP contribution < -0.4 is 0 Å². The van der Waals surface area contributed by atoms with Gasteiger partial charge in [0.1, 0.15) is 5.60 Å². The van der Waals surface area contributed by atoms with Crippen molar-refractivity contribution in [3.05, 3.63) is 36.4 Å². The van der Waals surface area contributed by atoms with Gasteiger partial charge in [-0.15, -0.1) is 0 Å². The third-order valence-corrected chi connectivity index (χ3v) is 6.78. The Kier molecular flexibility index (Phi) is 5.82. The molecular formula is C20H26FN3O4S. The topological polar surface area (TPSA) is 79.8 Å². The number of amides is 1. The minimum absolute atomic E-state index is 0.0305. The Morgan fingerprint density at radius 3 is 2.66 bits per heavy atom. The van der Waals surface area contributed by atoms with Gasteiger partial charge in [0.15, 0.2) is 5.82 Å². The number of ether oxygens (including phenoxy) is 1. The molecule has 3 rings (SSSR count). The molecule has 1 aromatic carbocycles. The standard InChI is InChI=1S/C20H26FN3O4S/c1-14-13-23(19(25)28-20(2,3)4)9-6-10-24(14)29(26,27)17-8-5-7-15-11-22-12-16(21)18(15)17/h5,7-8,11-12,14H,6,9-10,13H2,1-4H3/t14-/m1/s1. The van der Waals surface area contributed by atoms with E-state index in [-0.39, 0.29) is 23.4 Å². The number of hydrogen-bond acceptors (Lipinski definition) is 5. The molecule has 0 bridgehead atoms. The minimum Gasteiger partial charge on any atom is -0.444 e. The smallest absolute Gasteiger partial charge is 0.410 e. The van der Waals surface area contributed by atoms with Gasteiger partial charge in [-0.2, -0.15) is 4.31 Å². The monoisotopic (exact) mass is 423 g/mol. The van der Waals surface area contributed by atoms with Crippen LogP contribution in [0.5, 0.6) is 0 Å². The van der Waals surface area contributed by atoms with Crippen LogP contribution in [-0.2, 0) is 14.8 Å². The number of fused-ring (bicyclic) bond motifs is 1. The summed E-state index contributed by atoms with van der Waals surface area (Å²) in [6, 6.07) is 4.12. The summed E-state index contributed by atoms with van der Waals surface area (Å²) in [6.07, 6.45) is 2.44. The maximum Gasteiger partial charge on any atom is 0.410 e. The van der Waals surface area contributed by atoms with Gasteiger partial charge in [0.05, 0.1) is 11.1 Å². The molecule has 2 aromatic rings. The first-order chi connectivity index (χ1) is 13.5. The van der Waals surface area contributed by atoms with Crippen LogP contribution in [0.3, 0.4) is 0 Å². The lowest BCUT2D eigenvalue weighted by Gasteiger charge is -2.30. The number of hydrogen-bond donors (Lipinski definition) is 0. The zero-order chi connectivity index (χ0) is 21.4. The second kappa shape index (κ2) is 7.87. The number of halogens is 1. The number of benzene rings is 1. The molecule has 0 N–H and O–H groups in total. The van der Waals surface area contributed by atoms with Crippen LogP contribution in [0.4, 0.5) is 9.18 Å². The summed E-state index contributed by atoms with van der Waals surface area (Å²) >= 11 is 0. The van der Waals surface area contributed by atoms with E-state index in [0.29, 0.717) is 18.4 Å². The van der Waals surface area contributed by atoms with Gasteiger partial charge in [0.2, 0.25) is 10.0 Å². The van der Waals surface area contributed by atoms with Crippen molar-refractivity contribution in [3.8, 4) is 0 Å². The third kappa shape index (κ3) is 4.51. The van der Waals surface area contributed by atoms with Crippen LogP contribution in [-0.4, -0.2) is 60.0 Å². The number of sulfonamides is 1. The normalized spacial score (nSPS) is 19.2. The number of aromatic nitrogens is 1. The molecule has 0 saturated carbocycles. The molecule has 0 radical (unpaired) electrons. The Morgan fingerprint density at radius 1 is 1.24 bits per heavy atom. The summed E-state index contributed by atoms with van der Waals surface area (Å²) in [4.78, 5) is 17.7. The van der Waals surface area contributed by atoms with E-state index in [1.54, 1.807) is 39.8 Å². The average molecular weight is 424 g/mol. The van der Waals surface area contributed by atoms with Gasteiger partial charge in [-0.1, -0.05) is 12.1 Å². The first-order valence-electron chi connectivity index (χ1n) is 9.53. The van der Waals surface area contributed by atoms with E-state index in [0.717, 1.165) is 6.20 Å². The van der Waals surface area contributed by atoms with E-state index in [4.69, 9.17) is 4.74 Å². The molecule has 9 heteroatoms. The van der Waals surface area contributed by atoms with Crippen LogP contribution in [0.1, 0.15) is 34.1 Å². The second-order valence-corrected chi connectivity index (χ2v) is 10.1. The molecule has 0 spiro atoms. The molecule has 2 heterocycles. The SMILES string of the molecule is C[C@@H]1CN(C(=O)OC(C)(C)C)CCCN1S(=O)(=O)c1cccc2cncc(F)c12. The van der Waals surface area contributed by atoms with Crippen LogP contribution in [0.25, 0.3) is 10.8 Å². The lowest BCUT2D eigenvalue weighted by molar-refractivity contribution is 0.0244. The molecule has 0 unspecified atom stereocenters. The van der Waals surface area contributed by atoms with Gasteiger partial charge in [0.25, 0.3) is 0 Å². The fourth-order valence-corrected chi connectivity index (χ4v) is 5.37. The summed E-state index contributed by atoms with van der Waals surface area (Å²) < 4.78 is 48.0. The highest BCUT2D eigenvalue weighted by molar-refractivity contribution is 7.89. The van der Waals surface area contributed by atoms with Crippen molar-refractivity contribution in [1.82, 2.24) is 14.2 Å². The Hall–Kier alpha value is -2.26.